The van der Waals surface area contributed by atoms with Gasteiger partial charge >= 0.3 is 0 Å². The lowest BCUT2D eigenvalue weighted by molar-refractivity contribution is 0.0921. The third-order valence-corrected chi connectivity index (χ3v) is 5.18. The van der Waals surface area contributed by atoms with E-state index in [0.717, 1.165) is 23.1 Å². The molecule has 0 spiro atoms. The zero-order valence-electron chi connectivity index (χ0n) is 16.8. The van der Waals surface area contributed by atoms with Crippen LogP contribution in [0.25, 0.3) is 6.08 Å². The van der Waals surface area contributed by atoms with Gasteiger partial charge in [0.25, 0.3) is 0 Å². The number of carbonyl (C=O) groups is 2. The van der Waals surface area contributed by atoms with Gasteiger partial charge in [0.15, 0.2) is 18.2 Å². The molecular weight excluding hydrogens is 376 g/mol. The van der Waals surface area contributed by atoms with Crippen LogP contribution >= 0.6 is 0 Å². The fraction of sp³-hybridized carbons (Fsp3) is 0.154. The monoisotopic (exact) mass is 398 g/mol. The number of ether oxygens (including phenoxy) is 2. The molecule has 4 heteroatoms. The van der Waals surface area contributed by atoms with Crippen molar-refractivity contribution >= 4 is 17.6 Å². The predicted molar refractivity (Wildman–Crippen MR) is 116 cm³/mol. The third-order valence-electron chi connectivity index (χ3n) is 5.18. The molecule has 0 atom stereocenters. The maximum atomic E-state index is 12.9. The summed E-state index contributed by atoms with van der Waals surface area (Å²) < 4.78 is 10.9. The van der Waals surface area contributed by atoms with Gasteiger partial charge in [-0.05, 0) is 54.3 Å². The minimum absolute atomic E-state index is 0.0285. The lowest BCUT2D eigenvalue weighted by Gasteiger charge is -2.18. The van der Waals surface area contributed by atoms with Crippen LogP contribution in [0, 0.1) is 0 Å². The first-order chi connectivity index (χ1) is 14.6. The van der Waals surface area contributed by atoms with E-state index in [-0.39, 0.29) is 18.2 Å². The zero-order chi connectivity index (χ0) is 20.9. The molecule has 0 aromatic heterocycles. The highest BCUT2D eigenvalue weighted by molar-refractivity contribution is 6.13. The maximum Gasteiger partial charge on any atom is 0.200 e. The number of hydrogen-bond acceptors (Lipinski definition) is 4. The Morgan fingerprint density at radius 3 is 2.57 bits per heavy atom. The van der Waals surface area contributed by atoms with Crippen LogP contribution < -0.4 is 9.47 Å². The summed E-state index contributed by atoms with van der Waals surface area (Å²) in [4.78, 5) is 25.2. The molecule has 3 aromatic carbocycles. The van der Waals surface area contributed by atoms with Gasteiger partial charge in [-0.3, -0.25) is 9.59 Å². The van der Waals surface area contributed by atoms with Gasteiger partial charge in [0.1, 0.15) is 11.5 Å². The van der Waals surface area contributed by atoms with Crippen LogP contribution in [0.5, 0.6) is 11.5 Å². The highest BCUT2D eigenvalue weighted by Crippen LogP contribution is 2.30. The average molecular weight is 398 g/mol. The van der Waals surface area contributed by atoms with Crippen LogP contribution in [0.15, 0.2) is 78.4 Å². The Kier molecular flexibility index (Phi) is 5.75. The predicted octanol–water partition coefficient (Wildman–Crippen LogP) is 5.17. The van der Waals surface area contributed by atoms with Crippen LogP contribution in [0.4, 0.5) is 0 Å². The third kappa shape index (κ3) is 4.33. The summed E-state index contributed by atoms with van der Waals surface area (Å²) in [6, 6.07) is 22.2. The van der Waals surface area contributed by atoms with Crippen molar-refractivity contribution in [1.29, 1.82) is 0 Å². The number of hydrogen-bond donors (Lipinski definition) is 0. The van der Waals surface area contributed by atoms with Crippen molar-refractivity contribution in [1.82, 2.24) is 0 Å². The summed E-state index contributed by atoms with van der Waals surface area (Å²) in [5.74, 6) is 1.23. The second-order valence-electron chi connectivity index (χ2n) is 7.17. The SMILES string of the molecule is COc1ccc2c(c1)C(=O)/C(=C/c1cccc(OCC(=O)c3ccccc3)c1)CC2. The summed E-state index contributed by atoms with van der Waals surface area (Å²) in [6.07, 6.45) is 3.41. The van der Waals surface area contributed by atoms with E-state index >= 15 is 0 Å². The molecule has 0 amide bonds. The van der Waals surface area contributed by atoms with E-state index in [4.69, 9.17) is 9.47 Å². The second kappa shape index (κ2) is 8.78. The molecule has 4 nitrogen and oxygen atoms in total. The molecule has 0 saturated heterocycles. The first kappa shape index (κ1) is 19.6. The molecule has 1 aliphatic carbocycles. The summed E-state index contributed by atoms with van der Waals surface area (Å²) in [5.41, 5.74) is 4.00. The summed E-state index contributed by atoms with van der Waals surface area (Å²) in [7, 11) is 1.60. The summed E-state index contributed by atoms with van der Waals surface area (Å²) in [6.45, 7) is -0.0316. The first-order valence-electron chi connectivity index (χ1n) is 9.87. The van der Waals surface area contributed by atoms with Gasteiger partial charge < -0.3 is 9.47 Å². The van der Waals surface area contributed by atoms with E-state index in [1.54, 1.807) is 25.3 Å². The maximum absolute atomic E-state index is 12.9. The molecule has 0 bridgehead atoms. The highest BCUT2D eigenvalue weighted by Gasteiger charge is 2.22. The summed E-state index contributed by atoms with van der Waals surface area (Å²) in [5, 5.41) is 0. The number of ketones is 2. The lowest BCUT2D eigenvalue weighted by Crippen LogP contribution is -2.14. The van der Waals surface area contributed by atoms with Gasteiger partial charge in [0.2, 0.25) is 0 Å². The molecule has 0 heterocycles. The molecule has 0 N–H and O–H groups in total. The van der Waals surface area contributed by atoms with Crippen LogP contribution in [-0.4, -0.2) is 25.3 Å². The van der Waals surface area contributed by atoms with E-state index in [2.05, 4.69) is 0 Å². The van der Waals surface area contributed by atoms with E-state index in [1.165, 1.54) is 0 Å². The number of benzene rings is 3. The normalized spacial score (nSPS) is 14.3. The molecule has 0 aliphatic heterocycles. The van der Waals surface area contributed by atoms with E-state index in [9.17, 15) is 9.59 Å². The van der Waals surface area contributed by atoms with Gasteiger partial charge in [0, 0.05) is 16.7 Å². The largest absolute Gasteiger partial charge is 0.497 e. The molecule has 150 valence electrons. The van der Waals surface area contributed by atoms with Gasteiger partial charge in [-0.2, -0.15) is 0 Å². The highest BCUT2D eigenvalue weighted by atomic mass is 16.5. The molecule has 0 unspecified atom stereocenters. The van der Waals surface area contributed by atoms with Gasteiger partial charge in [-0.25, -0.2) is 0 Å². The van der Waals surface area contributed by atoms with E-state index in [0.29, 0.717) is 29.0 Å². The first-order valence-corrected chi connectivity index (χ1v) is 9.87. The van der Waals surface area contributed by atoms with Gasteiger partial charge in [0.05, 0.1) is 7.11 Å². The molecule has 0 fully saturated rings. The number of Topliss-reactive ketones (excluding diaryl/α,β-unsaturated/α-hetero) is 2. The standard InChI is InChI=1S/C26H22O4/c1-29-22-13-12-19-10-11-21(26(28)24(19)16-22)14-18-6-5-9-23(15-18)30-17-25(27)20-7-3-2-4-8-20/h2-9,12-16H,10-11,17H2,1H3/b21-14+. The van der Waals surface area contributed by atoms with Crippen molar-refractivity contribution in [2.45, 2.75) is 12.8 Å². The Balaban J connectivity index is 1.49. The van der Waals surface area contributed by atoms with Gasteiger partial charge in [-0.15, -0.1) is 0 Å². The quantitative estimate of drug-likeness (QED) is 0.425. The van der Waals surface area contributed by atoms with Crippen LogP contribution in [0.2, 0.25) is 0 Å². The molecule has 0 saturated carbocycles. The molecule has 3 aromatic rings. The smallest absolute Gasteiger partial charge is 0.200 e. The Labute approximate surface area is 175 Å². The molecule has 4 rings (SSSR count). The van der Waals surface area contributed by atoms with Crippen molar-refractivity contribution in [3.63, 3.8) is 0 Å². The summed E-state index contributed by atoms with van der Waals surface area (Å²) >= 11 is 0. The lowest BCUT2D eigenvalue weighted by atomic mass is 9.86. The number of allylic oxidation sites excluding steroid dienone is 1. The number of rotatable bonds is 6. The second-order valence-corrected chi connectivity index (χ2v) is 7.17. The number of aryl methyl sites for hydroxylation is 1. The van der Waals surface area contributed by atoms with Crippen molar-refractivity contribution < 1.29 is 19.1 Å². The Morgan fingerprint density at radius 1 is 0.933 bits per heavy atom. The number of methoxy groups -OCH3 is 1. The fourth-order valence-corrected chi connectivity index (χ4v) is 3.56. The Hall–Kier alpha value is -3.66. The fourth-order valence-electron chi connectivity index (χ4n) is 3.56. The Bertz CT molecular complexity index is 1110. The minimum Gasteiger partial charge on any atom is -0.497 e. The number of carbonyl (C=O) groups excluding carboxylic acids is 2. The van der Waals surface area contributed by atoms with E-state index in [1.807, 2.05) is 60.7 Å². The van der Waals surface area contributed by atoms with Crippen LogP contribution in [0.1, 0.15) is 38.3 Å². The van der Waals surface area contributed by atoms with Crippen molar-refractivity contribution in [2.75, 3.05) is 13.7 Å². The van der Waals surface area contributed by atoms with Crippen LogP contribution in [0.3, 0.4) is 0 Å². The minimum atomic E-state index is -0.0765. The molecular formula is C26H22O4. The van der Waals surface area contributed by atoms with Crippen molar-refractivity contribution in [3.05, 3.63) is 101 Å². The molecule has 1 aliphatic rings. The zero-order valence-corrected chi connectivity index (χ0v) is 16.8. The topological polar surface area (TPSA) is 52.6 Å². The molecule has 30 heavy (non-hydrogen) atoms. The van der Waals surface area contributed by atoms with Crippen molar-refractivity contribution in [2.24, 2.45) is 0 Å². The average Bonchev–Trinajstić information content (AvgIpc) is 2.80. The van der Waals surface area contributed by atoms with Gasteiger partial charge in [-0.1, -0.05) is 48.5 Å². The van der Waals surface area contributed by atoms with E-state index < -0.39 is 0 Å². The Morgan fingerprint density at radius 2 is 1.77 bits per heavy atom. The van der Waals surface area contributed by atoms with Crippen LogP contribution in [-0.2, 0) is 6.42 Å². The number of fused-ring (bicyclic) bond motifs is 1. The molecule has 0 radical (unpaired) electrons. The van der Waals surface area contributed by atoms with Crippen molar-refractivity contribution in [3.8, 4) is 11.5 Å².